The van der Waals surface area contributed by atoms with Gasteiger partial charge in [0.05, 0.1) is 0 Å². The van der Waals surface area contributed by atoms with Crippen LogP contribution in [0.15, 0.2) is 0 Å². The summed E-state index contributed by atoms with van der Waals surface area (Å²) < 4.78 is 0. The van der Waals surface area contributed by atoms with Crippen molar-refractivity contribution in [3.05, 3.63) is 0 Å². The van der Waals surface area contributed by atoms with Crippen molar-refractivity contribution < 1.29 is 0 Å². The molecule has 3 heterocycles. The maximum Gasteiger partial charge on any atom is 0.0120 e. The van der Waals surface area contributed by atoms with Crippen LogP contribution in [0.25, 0.3) is 0 Å². The number of likely N-dealkylation sites (tertiary alicyclic amines) is 2. The zero-order valence-electron chi connectivity index (χ0n) is 13.8. The zero-order chi connectivity index (χ0) is 14.2. The number of hydrogen-bond acceptors (Lipinski definition) is 3. The van der Waals surface area contributed by atoms with E-state index in [2.05, 4.69) is 22.0 Å². The molecule has 0 aromatic carbocycles. The van der Waals surface area contributed by atoms with Crippen LogP contribution in [0.5, 0.6) is 0 Å². The lowest BCUT2D eigenvalue weighted by Gasteiger charge is -2.43. The highest BCUT2D eigenvalue weighted by molar-refractivity contribution is 4.96. The predicted octanol–water partition coefficient (Wildman–Crippen LogP) is 2.18. The monoisotopic (exact) mass is 291 g/mol. The molecule has 3 heteroatoms. The molecule has 120 valence electrons. The first-order chi connectivity index (χ1) is 10.3. The average molecular weight is 291 g/mol. The Kier molecular flexibility index (Phi) is 4.25. The van der Waals surface area contributed by atoms with E-state index in [1.165, 1.54) is 77.8 Å². The highest BCUT2D eigenvalue weighted by Crippen LogP contribution is 2.38. The molecule has 0 bridgehead atoms. The van der Waals surface area contributed by atoms with Crippen molar-refractivity contribution in [2.45, 2.75) is 57.5 Å². The standard InChI is InChI=1S/C18H33N3/c1-14-2-6-20(7-3-14)17-4-8-21(9-5-17)18-10-15-12-19-13-16(15)11-18/h14-19H,2-13H2,1H3. The molecule has 2 unspecified atom stereocenters. The van der Waals surface area contributed by atoms with E-state index in [0.717, 1.165) is 29.8 Å². The van der Waals surface area contributed by atoms with Gasteiger partial charge >= 0.3 is 0 Å². The van der Waals surface area contributed by atoms with Crippen molar-refractivity contribution in [3.63, 3.8) is 0 Å². The van der Waals surface area contributed by atoms with E-state index in [0.29, 0.717) is 0 Å². The fourth-order valence-corrected chi connectivity index (χ4v) is 5.44. The summed E-state index contributed by atoms with van der Waals surface area (Å²) in [5.41, 5.74) is 0. The van der Waals surface area contributed by atoms with E-state index < -0.39 is 0 Å². The molecule has 2 atom stereocenters. The fourth-order valence-electron chi connectivity index (χ4n) is 5.44. The number of nitrogens with one attached hydrogen (secondary N) is 1. The molecule has 4 fully saturated rings. The zero-order valence-corrected chi connectivity index (χ0v) is 13.8. The van der Waals surface area contributed by atoms with Crippen LogP contribution in [0, 0.1) is 17.8 Å². The summed E-state index contributed by atoms with van der Waals surface area (Å²) >= 11 is 0. The third-order valence-corrected chi connectivity index (χ3v) is 6.98. The van der Waals surface area contributed by atoms with Crippen LogP contribution in [0.4, 0.5) is 0 Å². The van der Waals surface area contributed by atoms with E-state index in [1.54, 1.807) is 0 Å². The molecule has 3 aliphatic heterocycles. The number of piperidine rings is 2. The number of rotatable bonds is 2. The van der Waals surface area contributed by atoms with E-state index in [4.69, 9.17) is 0 Å². The van der Waals surface area contributed by atoms with Crippen LogP contribution in [0.3, 0.4) is 0 Å². The van der Waals surface area contributed by atoms with Crippen molar-refractivity contribution in [1.29, 1.82) is 0 Å². The number of hydrogen-bond donors (Lipinski definition) is 1. The third kappa shape index (κ3) is 3.02. The lowest BCUT2D eigenvalue weighted by molar-refractivity contribution is 0.0628. The summed E-state index contributed by atoms with van der Waals surface area (Å²) in [4.78, 5) is 5.66. The quantitative estimate of drug-likeness (QED) is 0.841. The Hall–Kier alpha value is -0.120. The van der Waals surface area contributed by atoms with Gasteiger partial charge < -0.3 is 15.1 Å². The minimum atomic E-state index is 0.899. The Morgan fingerprint density at radius 1 is 0.714 bits per heavy atom. The van der Waals surface area contributed by atoms with Gasteiger partial charge in [-0.2, -0.15) is 0 Å². The second-order valence-corrected chi connectivity index (χ2v) is 8.29. The van der Waals surface area contributed by atoms with E-state index in [1.807, 2.05) is 0 Å². The molecule has 21 heavy (non-hydrogen) atoms. The molecule has 0 amide bonds. The van der Waals surface area contributed by atoms with Gasteiger partial charge in [-0.05, 0) is 95.5 Å². The summed E-state index contributed by atoms with van der Waals surface area (Å²) in [7, 11) is 0. The third-order valence-electron chi connectivity index (χ3n) is 6.98. The van der Waals surface area contributed by atoms with E-state index in [9.17, 15) is 0 Å². The van der Waals surface area contributed by atoms with Crippen molar-refractivity contribution >= 4 is 0 Å². The second-order valence-electron chi connectivity index (χ2n) is 8.29. The predicted molar refractivity (Wildman–Crippen MR) is 87.4 cm³/mol. The smallest absolute Gasteiger partial charge is 0.0120 e. The Labute approximate surface area is 130 Å². The molecule has 0 radical (unpaired) electrons. The molecular formula is C18H33N3. The largest absolute Gasteiger partial charge is 0.316 e. The van der Waals surface area contributed by atoms with Gasteiger partial charge in [-0.3, -0.25) is 0 Å². The van der Waals surface area contributed by atoms with Gasteiger partial charge in [0.15, 0.2) is 0 Å². The first kappa shape index (κ1) is 14.5. The molecular weight excluding hydrogens is 258 g/mol. The van der Waals surface area contributed by atoms with Crippen LogP contribution < -0.4 is 5.32 Å². The molecule has 0 spiro atoms. The summed E-state index contributed by atoms with van der Waals surface area (Å²) in [6.07, 6.45) is 8.67. The molecule has 1 aliphatic carbocycles. The highest BCUT2D eigenvalue weighted by atomic mass is 15.2. The van der Waals surface area contributed by atoms with E-state index in [-0.39, 0.29) is 0 Å². The summed E-state index contributed by atoms with van der Waals surface area (Å²) in [5, 5.41) is 3.58. The first-order valence-corrected chi connectivity index (χ1v) is 9.48. The van der Waals surface area contributed by atoms with Gasteiger partial charge in [-0.1, -0.05) is 6.92 Å². The maximum atomic E-state index is 3.58. The van der Waals surface area contributed by atoms with Gasteiger partial charge in [0, 0.05) is 12.1 Å². The van der Waals surface area contributed by atoms with Crippen LogP contribution >= 0.6 is 0 Å². The minimum Gasteiger partial charge on any atom is -0.316 e. The molecule has 4 aliphatic rings. The number of nitrogens with zero attached hydrogens (tertiary/aromatic N) is 2. The fraction of sp³-hybridized carbons (Fsp3) is 1.00. The van der Waals surface area contributed by atoms with Gasteiger partial charge in [-0.25, -0.2) is 0 Å². The van der Waals surface area contributed by atoms with Gasteiger partial charge in [0.2, 0.25) is 0 Å². The summed E-state index contributed by atoms with van der Waals surface area (Å²) in [6, 6.07) is 1.82. The van der Waals surface area contributed by atoms with Gasteiger partial charge in [0.25, 0.3) is 0 Å². The molecule has 4 rings (SSSR count). The van der Waals surface area contributed by atoms with Crippen molar-refractivity contribution in [3.8, 4) is 0 Å². The highest BCUT2D eigenvalue weighted by Gasteiger charge is 2.40. The Morgan fingerprint density at radius 3 is 1.86 bits per heavy atom. The van der Waals surface area contributed by atoms with Crippen LogP contribution in [-0.2, 0) is 0 Å². The topological polar surface area (TPSA) is 18.5 Å². The molecule has 1 N–H and O–H groups in total. The second kappa shape index (κ2) is 6.17. The van der Waals surface area contributed by atoms with Gasteiger partial charge in [-0.15, -0.1) is 0 Å². The number of fused-ring (bicyclic) bond motifs is 1. The molecule has 3 nitrogen and oxygen atoms in total. The minimum absolute atomic E-state index is 0.899. The lowest BCUT2D eigenvalue weighted by Crippen LogP contribution is -2.49. The molecule has 1 saturated carbocycles. The van der Waals surface area contributed by atoms with Crippen molar-refractivity contribution in [2.75, 3.05) is 39.3 Å². The Morgan fingerprint density at radius 2 is 1.24 bits per heavy atom. The van der Waals surface area contributed by atoms with Crippen LogP contribution in [0.2, 0.25) is 0 Å². The summed E-state index contributed by atoms with van der Waals surface area (Å²) in [6.45, 7) is 10.5. The molecule has 0 aromatic heterocycles. The molecule has 0 aromatic rings. The van der Waals surface area contributed by atoms with E-state index >= 15 is 0 Å². The van der Waals surface area contributed by atoms with Crippen molar-refractivity contribution in [2.24, 2.45) is 17.8 Å². The Bertz CT molecular complexity index is 330. The van der Waals surface area contributed by atoms with Crippen LogP contribution in [0.1, 0.15) is 45.4 Å². The average Bonchev–Trinajstić information content (AvgIpc) is 3.10. The van der Waals surface area contributed by atoms with Crippen LogP contribution in [-0.4, -0.2) is 61.2 Å². The van der Waals surface area contributed by atoms with Crippen molar-refractivity contribution in [1.82, 2.24) is 15.1 Å². The SMILES string of the molecule is CC1CCN(C2CCN(C3CC4CNCC4C3)CC2)CC1. The normalized spacial score (nSPS) is 40.7. The van der Waals surface area contributed by atoms with Gasteiger partial charge in [0.1, 0.15) is 0 Å². The maximum absolute atomic E-state index is 3.58. The Balaban J connectivity index is 1.25. The summed E-state index contributed by atoms with van der Waals surface area (Å²) in [5.74, 6) is 2.96. The first-order valence-electron chi connectivity index (χ1n) is 9.48. The lowest BCUT2D eigenvalue weighted by atomic mass is 9.94. The molecule has 3 saturated heterocycles.